The van der Waals surface area contributed by atoms with E-state index in [1.807, 2.05) is 45.0 Å². The molecule has 9 nitrogen and oxygen atoms in total. The molecule has 3 aromatic rings. The van der Waals surface area contributed by atoms with Gasteiger partial charge < -0.3 is 19.7 Å². The zero-order valence-electron chi connectivity index (χ0n) is 24.8. The molecule has 0 aliphatic rings. The number of ether oxygens (including phenoxy) is 2. The van der Waals surface area contributed by atoms with Crippen LogP contribution >= 0.6 is 15.9 Å². The molecule has 0 fully saturated rings. The fourth-order valence-corrected chi connectivity index (χ4v) is 5.85. The van der Waals surface area contributed by atoms with Crippen molar-refractivity contribution in [1.82, 2.24) is 10.2 Å². The summed E-state index contributed by atoms with van der Waals surface area (Å²) < 4.78 is 40.7. The van der Waals surface area contributed by atoms with E-state index in [9.17, 15) is 18.0 Å². The number of carbonyl (C=O) groups is 2. The Morgan fingerprint density at radius 2 is 1.55 bits per heavy atom. The Labute approximate surface area is 257 Å². The highest BCUT2D eigenvalue weighted by Crippen LogP contribution is 2.34. The number of carbonyl (C=O) groups excluding carboxylic acids is 2. The molecule has 0 saturated carbocycles. The zero-order valence-corrected chi connectivity index (χ0v) is 27.2. The Balaban J connectivity index is 2.08. The van der Waals surface area contributed by atoms with E-state index in [1.54, 1.807) is 31.2 Å². The van der Waals surface area contributed by atoms with Crippen molar-refractivity contribution in [2.45, 2.75) is 57.6 Å². The lowest BCUT2D eigenvalue weighted by atomic mass is 10.1. The van der Waals surface area contributed by atoms with Crippen LogP contribution in [-0.4, -0.2) is 58.0 Å². The van der Waals surface area contributed by atoms with Gasteiger partial charge in [-0.05, 0) is 69.2 Å². The number of hydrogen-bond acceptors (Lipinski definition) is 6. The number of nitrogens with one attached hydrogen (secondary N) is 1. The van der Waals surface area contributed by atoms with Crippen LogP contribution in [0.15, 0.2) is 76.1 Å². The quantitative estimate of drug-likeness (QED) is 0.267. The Hall–Kier alpha value is -3.57. The fraction of sp³-hybridized carbons (Fsp3) is 0.355. The number of halogens is 1. The molecule has 0 aromatic heterocycles. The summed E-state index contributed by atoms with van der Waals surface area (Å²) in [5.74, 6) is -0.156. The van der Waals surface area contributed by atoms with E-state index in [4.69, 9.17) is 9.47 Å². The van der Waals surface area contributed by atoms with Crippen LogP contribution < -0.4 is 19.1 Å². The largest absolute Gasteiger partial charge is 0.493 e. The molecular weight excluding hydrogens is 622 g/mol. The fourth-order valence-electron chi connectivity index (χ4n) is 4.18. The Bertz CT molecular complexity index is 1480. The van der Waals surface area contributed by atoms with Crippen molar-refractivity contribution >= 4 is 43.5 Å². The smallest absolute Gasteiger partial charge is 0.264 e. The third kappa shape index (κ3) is 8.04. The van der Waals surface area contributed by atoms with Gasteiger partial charge in [-0.15, -0.1) is 0 Å². The van der Waals surface area contributed by atoms with E-state index in [1.165, 1.54) is 37.3 Å². The molecule has 11 heteroatoms. The van der Waals surface area contributed by atoms with Crippen LogP contribution in [0.3, 0.4) is 0 Å². The SMILES string of the molecule is CCC(C)NC(=O)C(C)N(Cc1ccc(Br)cc1)C(=O)CN(c1ccc(OC)c(OC)c1)S(=O)(=O)c1ccc(C)cc1. The molecule has 0 aliphatic heterocycles. The van der Waals surface area contributed by atoms with Crippen molar-refractivity contribution in [3.63, 3.8) is 0 Å². The number of methoxy groups -OCH3 is 2. The van der Waals surface area contributed by atoms with Gasteiger partial charge in [0, 0.05) is 23.1 Å². The monoisotopic (exact) mass is 659 g/mol. The zero-order chi connectivity index (χ0) is 31.0. The predicted molar refractivity (Wildman–Crippen MR) is 167 cm³/mol. The first kappa shape index (κ1) is 32.9. The number of benzene rings is 3. The highest BCUT2D eigenvalue weighted by Gasteiger charge is 2.33. The van der Waals surface area contributed by atoms with Crippen LogP contribution in [0.25, 0.3) is 0 Å². The highest BCUT2D eigenvalue weighted by atomic mass is 79.9. The number of rotatable bonds is 13. The van der Waals surface area contributed by atoms with Gasteiger partial charge in [-0.1, -0.05) is 52.7 Å². The molecular formula is C31H38BrN3O6S. The third-order valence-electron chi connectivity index (χ3n) is 6.98. The molecule has 0 aliphatic carbocycles. The topological polar surface area (TPSA) is 105 Å². The Kier molecular flexibility index (Phi) is 11.4. The second kappa shape index (κ2) is 14.6. The lowest BCUT2D eigenvalue weighted by molar-refractivity contribution is -0.139. The average Bonchev–Trinajstić information content (AvgIpc) is 2.98. The van der Waals surface area contributed by atoms with E-state index in [-0.39, 0.29) is 29.1 Å². The van der Waals surface area contributed by atoms with Gasteiger partial charge in [0.05, 0.1) is 24.8 Å². The van der Waals surface area contributed by atoms with Crippen molar-refractivity contribution in [2.75, 3.05) is 25.1 Å². The van der Waals surface area contributed by atoms with E-state index >= 15 is 0 Å². The van der Waals surface area contributed by atoms with Crippen LogP contribution in [0.1, 0.15) is 38.3 Å². The lowest BCUT2D eigenvalue weighted by Crippen LogP contribution is -2.52. The Morgan fingerprint density at radius 3 is 2.12 bits per heavy atom. The van der Waals surface area contributed by atoms with Gasteiger partial charge in [0.1, 0.15) is 12.6 Å². The standard InChI is InChI=1S/C31H38BrN3O6S/c1-7-22(3)33-31(37)23(4)34(19-24-10-12-25(32)13-11-24)30(36)20-35(26-14-17-28(40-5)29(18-26)41-6)42(38,39)27-15-8-21(2)9-16-27/h8-18,22-23H,7,19-20H2,1-6H3,(H,33,37). The summed E-state index contributed by atoms with van der Waals surface area (Å²) in [5, 5.41) is 2.93. The first-order chi connectivity index (χ1) is 19.9. The van der Waals surface area contributed by atoms with E-state index < -0.39 is 28.5 Å². The number of aryl methyl sites for hydroxylation is 1. The van der Waals surface area contributed by atoms with Crippen molar-refractivity contribution < 1.29 is 27.5 Å². The van der Waals surface area contributed by atoms with Crippen LogP contribution in [0.2, 0.25) is 0 Å². The number of sulfonamides is 1. The maximum Gasteiger partial charge on any atom is 0.264 e. The molecule has 3 aromatic carbocycles. The van der Waals surface area contributed by atoms with Crippen LogP contribution in [0.5, 0.6) is 11.5 Å². The summed E-state index contributed by atoms with van der Waals surface area (Å²) in [7, 11) is -1.28. The molecule has 0 spiro atoms. The molecule has 3 rings (SSSR count). The minimum Gasteiger partial charge on any atom is -0.493 e. The summed E-state index contributed by atoms with van der Waals surface area (Å²) in [5.41, 5.74) is 1.89. The van der Waals surface area contributed by atoms with Gasteiger partial charge in [-0.25, -0.2) is 8.42 Å². The van der Waals surface area contributed by atoms with E-state index in [0.29, 0.717) is 11.5 Å². The second-order valence-electron chi connectivity index (χ2n) is 10.0. The maximum atomic E-state index is 14.1. The number of amides is 2. The molecule has 2 unspecified atom stereocenters. The second-order valence-corrected chi connectivity index (χ2v) is 12.8. The molecule has 226 valence electrons. The summed E-state index contributed by atoms with van der Waals surface area (Å²) in [6.07, 6.45) is 0.723. The molecule has 2 atom stereocenters. The van der Waals surface area contributed by atoms with Crippen LogP contribution in [0, 0.1) is 6.92 Å². The lowest BCUT2D eigenvalue weighted by Gasteiger charge is -2.32. The van der Waals surface area contributed by atoms with Crippen molar-refractivity contribution in [2.24, 2.45) is 0 Å². The maximum absolute atomic E-state index is 14.1. The van der Waals surface area contributed by atoms with Gasteiger partial charge >= 0.3 is 0 Å². The summed E-state index contributed by atoms with van der Waals surface area (Å²) in [4.78, 5) is 28.7. The minimum absolute atomic E-state index is 0.0257. The minimum atomic E-state index is -4.21. The first-order valence-electron chi connectivity index (χ1n) is 13.6. The molecule has 42 heavy (non-hydrogen) atoms. The van der Waals surface area contributed by atoms with E-state index in [2.05, 4.69) is 21.2 Å². The molecule has 0 heterocycles. The summed E-state index contributed by atoms with van der Waals surface area (Å²) >= 11 is 3.42. The van der Waals surface area contributed by atoms with E-state index in [0.717, 1.165) is 26.3 Å². The number of hydrogen-bond donors (Lipinski definition) is 1. The summed E-state index contributed by atoms with van der Waals surface area (Å²) in [6, 6.07) is 17.5. The third-order valence-corrected chi connectivity index (χ3v) is 9.29. The van der Waals surface area contributed by atoms with Gasteiger partial charge in [0.15, 0.2) is 11.5 Å². The first-order valence-corrected chi connectivity index (χ1v) is 15.8. The summed E-state index contributed by atoms with van der Waals surface area (Å²) in [6.45, 7) is 6.89. The number of anilines is 1. The van der Waals surface area contributed by atoms with Crippen LogP contribution in [0.4, 0.5) is 5.69 Å². The van der Waals surface area contributed by atoms with Gasteiger partial charge in [-0.2, -0.15) is 0 Å². The normalized spacial score (nSPS) is 12.6. The van der Waals surface area contributed by atoms with Gasteiger partial charge in [0.2, 0.25) is 11.8 Å². The molecule has 2 amide bonds. The highest BCUT2D eigenvalue weighted by molar-refractivity contribution is 9.10. The molecule has 1 N–H and O–H groups in total. The Morgan fingerprint density at radius 1 is 0.929 bits per heavy atom. The molecule has 0 bridgehead atoms. The van der Waals surface area contributed by atoms with Crippen molar-refractivity contribution in [3.05, 3.63) is 82.3 Å². The molecule has 0 saturated heterocycles. The van der Waals surface area contributed by atoms with Crippen molar-refractivity contribution in [1.29, 1.82) is 0 Å². The van der Waals surface area contributed by atoms with Crippen molar-refractivity contribution in [3.8, 4) is 11.5 Å². The predicted octanol–water partition coefficient (Wildman–Crippen LogP) is 5.30. The number of nitrogens with zero attached hydrogens (tertiary/aromatic N) is 2. The molecule has 0 radical (unpaired) electrons. The van der Waals surface area contributed by atoms with Gasteiger partial charge in [-0.3, -0.25) is 13.9 Å². The van der Waals surface area contributed by atoms with Gasteiger partial charge in [0.25, 0.3) is 10.0 Å². The van der Waals surface area contributed by atoms with Crippen LogP contribution in [-0.2, 0) is 26.2 Å². The average molecular weight is 661 g/mol.